The molecule has 0 aromatic carbocycles. The van der Waals surface area contributed by atoms with E-state index in [2.05, 4.69) is 19.1 Å². The summed E-state index contributed by atoms with van der Waals surface area (Å²) in [6, 6.07) is 0. The molecule has 4 nitrogen and oxygen atoms in total. The van der Waals surface area contributed by atoms with Crippen molar-refractivity contribution in [2.24, 2.45) is 0 Å². The first kappa shape index (κ1) is 28.9. The Morgan fingerprint density at radius 2 is 1.28 bits per heavy atom. The summed E-state index contributed by atoms with van der Waals surface area (Å²) in [6.45, 7) is 4.63. The summed E-state index contributed by atoms with van der Waals surface area (Å²) in [4.78, 5) is 10.3. The minimum Gasteiger partial charge on any atom is -0.320 e. The number of unbranched alkanes of at least 4 members (excludes halogenated alkanes) is 11. The fraction of sp³-hybridized carbons (Fsp3) is 0.917. The van der Waals surface area contributed by atoms with Gasteiger partial charge in [-0.15, -0.1) is 0 Å². The van der Waals surface area contributed by atoms with Crippen LogP contribution in [0.5, 0.6) is 0 Å². The van der Waals surface area contributed by atoms with Crippen molar-refractivity contribution in [2.45, 2.75) is 116 Å². The van der Waals surface area contributed by atoms with Crippen molar-refractivity contribution in [1.29, 1.82) is 0 Å². The molecule has 0 aliphatic carbocycles. The van der Waals surface area contributed by atoms with Gasteiger partial charge in [-0.3, -0.25) is 4.57 Å². The number of rotatable bonds is 20. The third kappa shape index (κ3) is 16.2. The smallest absolute Gasteiger partial charge is 0.320 e. The minimum absolute atomic E-state index is 0.322. The number of hydrogen-bond acceptors (Lipinski definition) is 2. The van der Waals surface area contributed by atoms with Crippen molar-refractivity contribution in [3.05, 3.63) is 12.2 Å². The van der Waals surface area contributed by atoms with Gasteiger partial charge in [-0.25, -0.2) is 0 Å². The first-order valence-corrected chi connectivity index (χ1v) is 13.8. The lowest BCUT2D eigenvalue weighted by Gasteiger charge is -2.35. The zero-order valence-electron chi connectivity index (χ0n) is 20.2. The molecule has 0 saturated carbocycles. The molecule has 0 aromatic rings. The molecule has 5 heteroatoms. The Kier molecular flexibility index (Phi) is 17.4. The molecule has 0 fully saturated rings. The molecule has 0 saturated heterocycles. The highest BCUT2D eigenvalue weighted by Crippen LogP contribution is 2.51. The second kappa shape index (κ2) is 17.5. The van der Waals surface area contributed by atoms with Crippen LogP contribution in [0.1, 0.15) is 110 Å². The Morgan fingerprint density at radius 1 is 0.793 bits per heavy atom. The average molecular weight is 433 g/mol. The second-order valence-electron chi connectivity index (χ2n) is 9.37. The lowest BCUT2D eigenvalue weighted by molar-refractivity contribution is -0.883. The van der Waals surface area contributed by atoms with E-state index in [1.807, 2.05) is 28.1 Å². The Bertz CT molecular complexity index is 446. The first-order chi connectivity index (χ1) is 13.8. The van der Waals surface area contributed by atoms with E-state index in [1.54, 1.807) is 0 Å². The van der Waals surface area contributed by atoms with E-state index in [9.17, 15) is 9.46 Å². The van der Waals surface area contributed by atoms with Crippen molar-refractivity contribution in [1.82, 2.24) is 0 Å². The van der Waals surface area contributed by atoms with Crippen LogP contribution < -0.4 is 0 Å². The molecule has 0 aliphatic rings. The SMILES string of the molecule is CCCCCCCCCCCCCC=CCCOP(=O)(O)C(CCC)[N+](C)(C)C. The fourth-order valence-electron chi connectivity index (χ4n) is 3.75. The van der Waals surface area contributed by atoms with Crippen LogP contribution in [0.2, 0.25) is 0 Å². The van der Waals surface area contributed by atoms with Crippen LogP contribution >= 0.6 is 7.60 Å². The van der Waals surface area contributed by atoms with Gasteiger partial charge in [-0.1, -0.05) is 90.2 Å². The molecule has 0 spiro atoms. The van der Waals surface area contributed by atoms with E-state index in [0.29, 0.717) is 23.9 Å². The van der Waals surface area contributed by atoms with Gasteiger partial charge in [0.15, 0.2) is 5.78 Å². The number of hydrogen-bond donors (Lipinski definition) is 1. The molecule has 2 atom stereocenters. The second-order valence-corrected chi connectivity index (χ2v) is 11.3. The largest absolute Gasteiger partial charge is 0.385 e. The molecule has 0 aromatic heterocycles. The van der Waals surface area contributed by atoms with E-state index in [1.165, 1.54) is 70.6 Å². The summed E-state index contributed by atoms with van der Waals surface area (Å²) in [5, 5.41) is 0. The topological polar surface area (TPSA) is 46.5 Å². The van der Waals surface area contributed by atoms with Crippen molar-refractivity contribution >= 4 is 7.60 Å². The van der Waals surface area contributed by atoms with Crippen LogP contribution in [0.15, 0.2) is 12.2 Å². The van der Waals surface area contributed by atoms with E-state index in [0.717, 1.165) is 12.8 Å². The quantitative estimate of drug-likeness (QED) is 0.0929. The number of quaternary nitrogens is 1. The van der Waals surface area contributed by atoms with Gasteiger partial charge < -0.3 is 13.9 Å². The van der Waals surface area contributed by atoms with Gasteiger partial charge in [0.05, 0.1) is 27.7 Å². The van der Waals surface area contributed by atoms with Crippen molar-refractivity contribution < 1.29 is 18.5 Å². The van der Waals surface area contributed by atoms with Gasteiger partial charge in [0.2, 0.25) is 0 Å². The number of allylic oxidation sites excluding steroid dienone is 1. The molecule has 174 valence electrons. The fourth-order valence-corrected chi connectivity index (χ4v) is 5.75. The monoisotopic (exact) mass is 432 g/mol. The Hall–Kier alpha value is -0.150. The highest BCUT2D eigenvalue weighted by molar-refractivity contribution is 7.53. The van der Waals surface area contributed by atoms with Crippen molar-refractivity contribution in [2.75, 3.05) is 27.7 Å². The molecular weight excluding hydrogens is 381 g/mol. The maximum atomic E-state index is 12.6. The summed E-state index contributed by atoms with van der Waals surface area (Å²) in [7, 11) is 2.28. The molecule has 0 aliphatic heterocycles. The molecule has 29 heavy (non-hydrogen) atoms. The Morgan fingerprint density at radius 3 is 1.76 bits per heavy atom. The van der Waals surface area contributed by atoms with Crippen molar-refractivity contribution in [3.63, 3.8) is 0 Å². The van der Waals surface area contributed by atoms with Crippen molar-refractivity contribution in [3.8, 4) is 0 Å². The molecule has 0 bridgehead atoms. The normalized spacial score (nSPS) is 15.7. The van der Waals surface area contributed by atoms with E-state index < -0.39 is 7.60 Å². The summed E-state index contributed by atoms with van der Waals surface area (Å²) in [5.41, 5.74) is 0. The molecule has 0 heterocycles. The summed E-state index contributed by atoms with van der Waals surface area (Å²) < 4.78 is 18.5. The maximum Gasteiger partial charge on any atom is 0.385 e. The standard InChI is InChI=1S/C24H50NO3P/c1-6-8-9-10-11-12-13-14-15-16-17-18-19-20-21-23-28-29(26,27)24(22-7-2)25(3,4)5/h19-20,24H,6-18,21-23H2,1-5H3/p+1. The van der Waals surface area contributed by atoms with Gasteiger partial charge in [0.1, 0.15) is 0 Å². The van der Waals surface area contributed by atoms with Crippen LogP contribution in [-0.2, 0) is 9.09 Å². The molecular formula is C24H51NO3P+. The minimum atomic E-state index is -3.59. The Labute approximate surface area is 182 Å². The van der Waals surface area contributed by atoms with Gasteiger partial charge >= 0.3 is 7.60 Å². The highest BCUT2D eigenvalue weighted by atomic mass is 31.2. The molecule has 0 rings (SSSR count). The Balaban J connectivity index is 3.68. The van der Waals surface area contributed by atoms with Crippen LogP contribution in [0.3, 0.4) is 0 Å². The number of nitrogens with zero attached hydrogens (tertiary/aromatic N) is 1. The summed E-state index contributed by atoms with van der Waals surface area (Å²) in [5.74, 6) is -0.354. The summed E-state index contributed by atoms with van der Waals surface area (Å²) in [6.07, 6.45) is 22.7. The third-order valence-electron chi connectivity index (χ3n) is 5.52. The van der Waals surface area contributed by atoms with Crippen LogP contribution in [-0.4, -0.2) is 42.9 Å². The van der Waals surface area contributed by atoms with E-state index in [4.69, 9.17) is 4.52 Å². The van der Waals surface area contributed by atoms with E-state index in [-0.39, 0.29) is 5.78 Å². The van der Waals surface area contributed by atoms with Gasteiger partial charge in [0, 0.05) is 6.42 Å². The van der Waals surface area contributed by atoms with Crippen LogP contribution in [0.4, 0.5) is 0 Å². The summed E-state index contributed by atoms with van der Waals surface area (Å²) >= 11 is 0. The molecule has 2 unspecified atom stereocenters. The third-order valence-corrected chi connectivity index (χ3v) is 7.78. The van der Waals surface area contributed by atoms with E-state index >= 15 is 0 Å². The van der Waals surface area contributed by atoms with Crippen LogP contribution in [0.25, 0.3) is 0 Å². The predicted molar refractivity (Wildman–Crippen MR) is 127 cm³/mol. The maximum absolute atomic E-state index is 12.6. The lowest BCUT2D eigenvalue weighted by Crippen LogP contribution is -2.45. The van der Waals surface area contributed by atoms with Crippen LogP contribution in [0, 0.1) is 0 Å². The lowest BCUT2D eigenvalue weighted by atomic mass is 10.1. The average Bonchev–Trinajstić information content (AvgIpc) is 2.64. The van der Waals surface area contributed by atoms with Gasteiger partial charge in [-0.05, 0) is 25.7 Å². The first-order valence-electron chi connectivity index (χ1n) is 12.2. The molecule has 0 amide bonds. The molecule has 0 radical (unpaired) electrons. The van der Waals surface area contributed by atoms with Gasteiger partial charge in [-0.2, -0.15) is 0 Å². The molecule has 1 N–H and O–H groups in total. The highest BCUT2D eigenvalue weighted by Gasteiger charge is 2.41. The van der Waals surface area contributed by atoms with Gasteiger partial charge in [0.25, 0.3) is 0 Å². The zero-order chi connectivity index (χ0) is 22.0. The predicted octanol–water partition coefficient (Wildman–Crippen LogP) is 7.67. The zero-order valence-corrected chi connectivity index (χ0v) is 21.1.